The van der Waals surface area contributed by atoms with Crippen molar-refractivity contribution < 1.29 is 28.0 Å². The lowest BCUT2D eigenvalue weighted by molar-refractivity contribution is -0.149. The zero-order valence-corrected chi connectivity index (χ0v) is 11.7. The predicted molar refractivity (Wildman–Crippen MR) is 72.7 cm³/mol. The van der Waals surface area contributed by atoms with Gasteiger partial charge in [0.25, 0.3) is 11.8 Å². The van der Waals surface area contributed by atoms with Gasteiger partial charge in [0.2, 0.25) is 0 Å². The van der Waals surface area contributed by atoms with Crippen LogP contribution in [0.15, 0.2) is 34.9 Å². The van der Waals surface area contributed by atoms with Crippen molar-refractivity contribution in [2.24, 2.45) is 0 Å². The van der Waals surface area contributed by atoms with Crippen LogP contribution in [-0.2, 0) is 14.3 Å². The topological polar surface area (TPSA) is 90.7 Å². The predicted octanol–water partition coefficient (Wildman–Crippen LogP) is 1.68. The van der Waals surface area contributed by atoms with Crippen molar-refractivity contribution >= 4 is 17.6 Å². The van der Waals surface area contributed by atoms with Gasteiger partial charge in [0.05, 0.1) is 5.69 Å². The summed E-state index contributed by atoms with van der Waals surface area (Å²) in [6.45, 7) is 0.707. The molecule has 2 rings (SSSR count). The number of hydrogen-bond donors (Lipinski definition) is 1. The third kappa shape index (κ3) is 4.58. The molecule has 22 heavy (non-hydrogen) atoms. The molecule has 0 atom stereocenters. The van der Waals surface area contributed by atoms with E-state index in [4.69, 9.17) is 9.26 Å². The van der Waals surface area contributed by atoms with Gasteiger partial charge in [-0.15, -0.1) is 0 Å². The van der Waals surface area contributed by atoms with Crippen molar-refractivity contribution in [3.8, 4) is 5.88 Å². The summed E-state index contributed by atoms with van der Waals surface area (Å²) < 4.78 is 27.7. The van der Waals surface area contributed by atoms with Crippen molar-refractivity contribution in [3.63, 3.8) is 0 Å². The SMILES string of the molecule is Cc1cc(OCC(=O)OCC(=O)Nc2ccccc2F)no1. The average Bonchev–Trinajstić information content (AvgIpc) is 2.91. The highest BCUT2D eigenvalue weighted by Gasteiger charge is 2.11. The molecule has 0 aliphatic carbocycles. The number of aryl methyl sites for hydroxylation is 1. The van der Waals surface area contributed by atoms with E-state index in [0.717, 1.165) is 0 Å². The Labute approximate surface area is 125 Å². The number of amides is 1. The molecule has 0 radical (unpaired) electrons. The van der Waals surface area contributed by atoms with Gasteiger partial charge < -0.3 is 19.3 Å². The number of para-hydroxylation sites is 1. The van der Waals surface area contributed by atoms with Crippen LogP contribution in [0.25, 0.3) is 0 Å². The second kappa shape index (κ2) is 7.21. The molecule has 0 saturated carbocycles. The number of halogens is 1. The van der Waals surface area contributed by atoms with Gasteiger partial charge in [-0.05, 0) is 24.2 Å². The van der Waals surface area contributed by atoms with E-state index in [1.54, 1.807) is 13.0 Å². The Morgan fingerprint density at radius 1 is 1.32 bits per heavy atom. The quantitative estimate of drug-likeness (QED) is 0.817. The molecule has 1 aromatic heterocycles. The molecule has 0 aliphatic rings. The Bertz CT molecular complexity index is 671. The number of anilines is 1. The van der Waals surface area contributed by atoms with E-state index in [1.807, 2.05) is 0 Å². The first-order valence-corrected chi connectivity index (χ1v) is 6.30. The molecule has 0 fully saturated rings. The van der Waals surface area contributed by atoms with Crippen LogP contribution in [-0.4, -0.2) is 30.2 Å². The summed E-state index contributed by atoms with van der Waals surface area (Å²) in [6, 6.07) is 7.16. The average molecular weight is 308 g/mol. The van der Waals surface area contributed by atoms with Gasteiger partial charge >= 0.3 is 5.97 Å². The number of hydrogen-bond acceptors (Lipinski definition) is 6. The molecular formula is C14H13FN2O5. The van der Waals surface area contributed by atoms with Gasteiger partial charge in [-0.3, -0.25) is 4.79 Å². The molecule has 0 saturated heterocycles. The number of rotatable bonds is 6. The highest BCUT2D eigenvalue weighted by atomic mass is 19.1. The van der Waals surface area contributed by atoms with Crippen molar-refractivity contribution in [1.29, 1.82) is 0 Å². The van der Waals surface area contributed by atoms with E-state index >= 15 is 0 Å². The number of nitrogens with zero attached hydrogens (tertiary/aromatic N) is 1. The highest BCUT2D eigenvalue weighted by molar-refractivity contribution is 5.92. The summed E-state index contributed by atoms with van der Waals surface area (Å²) >= 11 is 0. The van der Waals surface area contributed by atoms with Crippen molar-refractivity contribution in [2.75, 3.05) is 18.5 Å². The lowest BCUT2D eigenvalue weighted by atomic mass is 10.3. The summed E-state index contributed by atoms with van der Waals surface area (Å²) in [6.07, 6.45) is 0. The van der Waals surface area contributed by atoms with Gasteiger partial charge in [0.1, 0.15) is 11.6 Å². The van der Waals surface area contributed by atoms with Crippen LogP contribution in [0.2, 0.25) is 0 Å². The normalized spacial score (nSPS) is 10.1. The first-order valence-electron chi connectivity index (χ1n) is 6.30. The van der Waals surface area contributed by atoms with E-state index in [0.29, 0.717) is 5.76 Å². The molecule has 1 heterocycles. The standard InChI is InChI=1S/C14H13FN2O5/c1-9-6-13(17-22-9)20-8-14(19)21-7-12(18)16-11-5-3-2-4-10(11)15/h2-6H,7-8H2,1H3,(H,16,18). The van der Waals surface area contributed by atoms with E-state index in [1.165, 1.54) is 24.3 Å². The molecule has 1 N–H and O–H groups in total. The van der Waals surface area contributed by atoms with E-state index in [2.05, 4.69) is 15.2 Å². The van der Waals surface area contributed by atoms with Crippen molar-refractivity contribution in [2.45, 2.75) is 6.92 Å². The largest absolute Gasteiger partial charge is 0.463 e. The van der Waals surface area contributed by atoms with Gasteiger partial charge in [0, 0.05) is 6.07 Å². The molecule has 0 bridgehead atoms. The fourth-order valence-electron chi connectivity index (χ4n) is 1.48. The van der Waals surface area contributed by atoms with Crippen molar-refractivity contribution in [3.05, 3.63) is 41.9 Å². The van der Waals surface area contributed by atoms with Crippen LogP contribution in [0.3, 0.4) is 0 Å². The summed E-state index contributed by atoms with van der Waals surface area (Å²) in [4.78, 5) is 22.9. The van der Waals surface area contributed by atoms with Gasteiger partial charge in [-0.1, -0.05) is 12.1 Å². The number of ether oxygens (including phenoxy) is 2. The van der Waals surface area contributed by atoms with Crippen LogP contribution in [0.4, 0.5) is 10.1 Å². The first-order chi connectivity index (χ1) is 10.5. The summed E-state index contributed by atoms with van der Waals surface area (Å²) in [7, 11) is 0. The Morgan fingerprint density at radius 3 is 2.77 bits per heavy atom. The third-order valence-corrected chi connectivity index (χ3v) is 2.46. The van der Waals surface area contributed by atoms with Crippen LogP contribution in [0.5, 0.6) is 5.88 Å². The fraction of sp³-hybridized carbons (Fsp3) is 0.214. The minimum atomic E-state index is -0.760. The van der Waals surface area contributed by atoms with E-state index in [9.17, 15) is 14.0 Å². The second-order valence-electron chi connectivity index (χ2n) is 4.25. The van der Waals surface area contributed by atoms with Crippen molar-refractivity contribution in [1.82, 2.24) is 5.16 Å². The first kappa shape index (κ1) is 15.5. The number of benzene rings is 1. The van der Waals surface area contributed by atoms with E-state index in [-0.39, 0.29) is 11.6 Å². The minimum Gasteiger partial charge on any atom is -0.463 e. The summed E-state index contributed by atoms with van der Waals surface area (Å²) in [5.74, 6) is -1.31. The zero-order valence-electron chi connectivity index (χ0n) is 11.7. The number of carbonyl (C=O) groups excluding carboxylic acids is 2. The Hall–Kier alpha value is -2.90. The molecule has 116 valence electrons. The van der Waals surface area contributed by atoms with Crippen LogP contribution in [0, 0.1) is 12.7 Å². The molecule has 0 spiro atoms. The lowest BCUT2D eigenvalue weighted by Crippen LogP contribution is -2.24. The maximum absolute atomic E-state index is 13.3. The zero-order chi connectivity index (χ0) is 15.9. The number of aromatic nitrogens is 1. The number of carbonyl (C=O) groups is 2. The molecule has 0 unspecified atom stereocenters. The maximum Gasteiger partial charge on any atom is 0.344 e. The fourth-order valence-corrected chi connectivity index (χ4v) is 1.48. The van der Waals surface area contributed by atoms with Gasteiger partial charge in [-0.25, -0.2) is 9.18 Å². The maximum atomic E-state index is 13.3. The second-order valence-corrected chi connectivity index (χ2v) is 4.25. The van der Waals surface area contributed by atoms with Gasteiger partial charge in [-0.2, -0.15) is 0 Å². The van der Waals surface area contributed by atoms with Crippen LogP contribution < -0.4 is 10.1 Å². The van der Waals surface area contributed by atoms with Gasteiger partial charge in [0.15, 0.2) is 13.2 Å². The monoisotopic (exact) mass is 308 g/mol. The number of nitrogens with one attached hydrogen (secondary N) is 1. The van der Waals surface area contributed by atoms with E-state index < -0.39 is 30.9 Å². The molecule has 2 aromatic rings. The van der Waals surface area contributed by atoms with Crippen LogP contribution >= 0.6 is 0 Å². The molecule has 8 heteroatoms. The minimum absolute atomic E-state index is 0.0119. The lowest BCUT2D eigenvalue weighted by Gasteiger charge is -2.07. The smallest absolute Gasteiger partial charge is 0.344 e. The third-order valence-electron chi connectivity index (χ3n) is 2.46. The highest BCUT2D eigenvalue weighted by Crippen LogP contribution is 2.12. The molecule has 7 nitrogen and oxygen atoms in total. The molecule has 1 amide bonds. The molecule has 0 aliphatic heterocycles. The van der Waals surface area contributed by atoms with Crippen LogP contribution in [0.1, 0.15) is 5.76 Å². The summed E-state index contributed by atoms with van der Waals surface area (Å²) in [5, 5.41) is 5.81. The molecular weight excluding hydrogens is 295 g/mol. The summed E-state index contributed by atoms with van der Waals surface area (Å²) in [5.41, 5.74) is 0.0119. The Balaban J connectivity index is 1.71. The Morgan fingerprint density at radius 2 is 2.09 bits per heavy atom. The molecule has 1 aromatic carbocycles. The Kier molecular flexibility index (Phi) is 5.07. The number of esters is 1.